The molecule has 0 radical (unpaired) electrons. The van der Waals surface area contributed by atoms with E-state index in [1.165, 1.54) is 23.9 Å². The van der Waals surface area contributed by atoms with Crippen LogP contribution in [0, 0.1) is 12.7 Å². The minimum atomic E-state index is -0.462. The first-order chi connectivity index (χ1) is 12.5. The van der Waals surface area contributed by atoms with Gasteiger partial charge in [-0.05, 0) is 17.7 Å². The van der Waals surface area contributed by atoms with Gasteiger partial charge in [0.15, 0.2) is 5.82 Å². The van der Waals surface area contributed by atoms with Gasteiger partial charge in [-0.1, -0.05) is 17.3 Å². The van der Waals surface area contributed by atoms with E-state index >= 15 is 0 Å². The molecule has 1 unspecified atom stereocenters. The van der Waals surface area contributed by atoms with Gasteiger partial charge in [-0.15, -0.1) is 11.8 Å². The average Bonchev–Trinajstić information content (AvgIpc) is 3.22. The highest BCUT2D eigenvalue weighted by Gasteiger charge is 2.21. The van der Waals surface area contributed by atoms with Crippen LogP contribution in [0.15, 0.2) is 41.2 Å². The summed E-state index contributed by atoms with van der Waals surface area (Å²) in [5.74, 6) is 1.95. The Labute approximate surface area is 154 Å². The largest absolute Gasteiger partial charge is 0.341 e. The van der Waals surface area contributed by atoms with Crippen LogP contribution in [0.3, 0.4) is 0 Å². The van der Waals surface area contributed by atoms with Gasteiger partial charge in [0.25, 0.3) is 0 Å². The molecule has 0 aliphatic carbocycles. The van der Waals surface area contributed by atoms with Gasteiger partial charge in [-0.2, -0.15) is 4.98 Å². The Morgan fingerprint density at radius 3 is 2.77 bits per heavy atom. The minimum Gasteiger partial charge on any atom is -0.341 e. The fourth-order valence-electron chi connectivity index (χ4n) is 2.45. The molecule has 0 fully saturated rings. The molecule has 0 aliphatic rings. The minimum absolute atomic E-state index is 0.160. The summed E-state index contributed by atoms with van der Waals surface area (Å²) >= 11 is 1.38. The maximum atomic E-state index is 13.2. The number of imidazole rings is 1. The molecule has 0 spiro atoms. The lowest BCUT2D eigenvalue weighted by atomic mass is 10.1. The Kier molecular flexibility index (Phi) is 5.67. The van der Waals surface area contributed by atoms with Gasteiger partial charge in [0.1, 0.15) is 17.7 Å². The lowest BCUT2D eigenvalue weighted by molar-refractivity contribution is -0.119. The lowest BCUT2D eigenvalue weighted by Gasteiger charge is -2.19. The number of benzene rings is 1. The van der Waals surface area contributed by atoms with Gasteiger partial charge < -0.3 is 14.4 Å². The number of rotatable bonds is 7. The number of nitrogens with zero attached hydrogens (tertiary/aromatic N) is 4. The number of aromatic nitrogens is 4. The van der Waals surface area contributed by atoms with Crippen molar-refractivity contribution in [2.24, 2.45) is 7.05 Å². The summed E-state index contributed by atoms with van der Waals surface area (Å²) in [6, 6.07) is 5.56. The predicted molar refractivity (Wildman–Crippen MR) is 94.8 cm³/mol. The Morgan fingerprint density at radius 2 is 2.15 bits per heavy atom. The molecule has 1 N–H and O–H groups in total. The first-order valence-electron chi connectivity index (χ1n) is 7.92. The lowest BCUT2D eigenvalue weighted by Crippen LogP contribution is -2.32. The molecule has 3 aromatic rings. The molecule has 0 saturated heterocycles. The summed E-state index contributed by atoms with van der Waals surface area (Å²) in [4.78, 5) is 20.8. The third-order valence-corrected chi connectivity index (χ3v) is 4.59. The second kappa shape index (κ2) is 8.13. The number of amides is 1. The first-order valence-corrected chi connectivity index (χ1v) is 9.07. The molecule has 3 rings (SSSR count). The van der Waals surface area contributed by atoms with E-state index in [0.717, 1.165) is 5.56 Å². The molecule has 0 saturated carbocycles. The van der Waals surface area contributed by atoms with E-state index in [-0.39, 0.29) is 17.5 Å². The molecular formula is C17H18FN5O2S. The van der Waals surface area contributed by atoms with Crippen molar-refractivity contribution in [1.29, 1.82) is 0 Å². The van der Waals surface area contributed by atoms with E-state index in [1.807, 2.05) is 11.6 Å². The molecule has 0 aliphatic heterocycles. The molecule has 26 heavy (non-hydrogen) atoms. The average molecular weight is 375 g/mol. The van der Waals surface area contributed by atoms with E-state index in [2.05, 4.69) is 20.4 Å². The van der Waals surface area contributed by atoms with Crippen LogP contribution < -0.4 is 5.32 Å². The zero-order valence-corrected chi connectivity index (χ0v) is 15.2. The van der Waals surface area contributed by atoms with Crippen molar-refractivity contribution in [1.82, 2.24) is 25.0 Å². The highest BCUT2D eigenvalue weighted by Crippen LogP contribution is 2.21. The number of aryl methyl sites for hydroxylation is 2. The van der Waals surface area contributed by atoms with Gasteiger partial charge >= 0.3 is 0 Å². The van der Waals surface area contributed by atoms with Crippen LogP contribution >= 0.6 is 11.8 Å². The van der Waals surface area contributed by atoms with Crippen LogP contribution in [0.25, 0.3) is 0 Å². The second-order valence-corrected chi connectivity index (χ2v) is 6.66. The third-order valence-electron chi connectivity index (χ3n) is 3.66. The SMILES string of the molecule is Cc1nc(CSCC(=O)NC(c2ccc(F)cc2)c2nccn2C)no1. The molecule has 1 aromatic carbocycles. The Bertz CT molecular complexity index is 877. The standard InChI is InChI=1S/C17H18FN5O2S/c1-11-20-14(22-25-11)9-26-10-15(24)21-16(17-19-7-8-23(17)2)12-3-5-13(18)6-4-12/h3-8,16H,9-10H2,1-2H3,(H,21,24). The molecule has 136 valence electrons. The summed E-state index contributed by atoms with van der Waals surface area (Å²) in [7, 11) is 1.85. The zero-order chi connectivity index (χ0) is 18.5. The van der Waals surface area contributed by atoms with Crippen LogP contribution in [-0.2, 0) is 17.6 Å². The van der Waals surface area contributed by atoms with E-state index in [1.54, 1.807) is 31.5 Å². The van der Waals surface area contributed by atoms with Crippen molar-refractivity contribution in [3.05, 3.63) is 65.6 Å². The van der Waals surface area contributed by atoms with E-state index in [4.69, 9.17) is 4.52 Å². The van der Waals surface area contributed by atoms with Gasteiger partial charge in [0.2, 0.25) is 11.8 Å². The quantitative estimate of drug-likeness (QED) is 0.682. The maximum absolute atomic E-state index is 13.2. The fraction of sp³-hybridized carbons (Fsp3) is 0.294. The van der Waals surface area contributed by atoms with Crippen LogP contribution in [0.2, 0.25) is 0 Å². The second-order valence-electron chi connectivity index (χ2n) is 5.67. The van der Waals surface area contributed by atoms with Gasteiger partial charge in [0, 0.05) is 26.4 Å². The number of carbonyl (C=O) groups is 1. The van der Waals surface area contributed by atoms with Crippen molar-refractivity contribution < 1.29 is 13.7 Å². The molecule has 1 atom stereocenters. The molecule has 1 amide bonds. The zero-order valence-electron chi connectivity index (χ0n) is 14.3. The molecule has 9 heteroatoms. The molecule has 0 bridgehead atoms. The molecule has 7 nitrogen and oxygen atoms in total. The van der Waals surface area contributed by atoms with Crippen molar-refractivity contribution in [3.8, 4) is 0 Å². The number of nitrogens with one attached hydrogen (secondary N) is 1. The molecular weight excluding hydrogens is 357 g/mol. The highest BCUT2D eigenvalue weighted by molar-refractivity contribution is 7.99. The van der Waals surface area contributed by atoms with Crippen molar-refractivity contribution in [3.63, 3.8) is 0 Å². The summed E-state index contributed by atoms with van der Waals surface area (Å²) in [5, 5.41) is 6.75. The highest BCUT2D eigenvalue weighted by atomic mass is 32.2. The smallest absolute Gasteiger partial charge is 0.230 e. The van der Waals surface area contributed by atoms with Gasteiger partial charge in [-0.25, -0.2) is 9.37 Å². The number of carbonyl (C=O) groups excluding carboxylic acids is 1. The van der Waals surface area contributed by atoms with Crippen LogP contribution in [-0.4, -0.2) is 31.4 Å². The topological polar surface area (TPSA) is 85.8 Å². The van der Waals surface area contributed by atoms with Gasteiger partial charge in [0.05, 0.1) is 11.5 Å². The summed E-state index contributed by atoms with van der Waals surface area (Å²) in [6.07, 6.45) is 3.46. The fourth-order valence-corrected chi connectivity index (χ4v) is 3.12. The summed E-state index contributed by atoms with van der Waals surface area (Å²) < 4.78 is 20.0. The Morgan fingerprint density at radius 1 is 1.38 bits per heavy atom. The third kappa shape index (κ3) is 4.48. The van der Waals surface area contributed by atoms with Crippen LogP contribution in [0.4, 0.5) is 4.39 Å². The van der Waals surface area contributed by atoms with E-state index in [0.29, 0.717) is 23.3 Å². The number of hydrogen-bond acceptors (Lipinski definition) is 6. The van der Waals surface area contributed by atoms with Gasteiger partial charge in [-0.3, -0.25) is 4.79 Å². The van der Waals surface area contributed by atoms with Crippen molar-refractivity contribution in [2.45, 2.75) is 18.7 Å². The predicted octanol–water partition coefficient (Wildman–Crippen LogP) is 2.39. The van der Waals surface area contributed by atoms with E-state index < -0.39 is 6.04 Å². The number of thioether (sulfide) groups is 1. The Balaban J connectivity index is 1.66. The van der Waals surface area contributed by atoms with Crippen molar-refractivity contribution in [2.75, 3.05) is 5.75 Å². The number of halogens is 1. The van der Waals surface area contributed by atoms with Crippen LogP contribution in [0.1, 0.15) is 29.1 Å². The molecule has 2 heterocycles. The summed E-state index contributed by atoms with van der Waals surface area (Å²) in [5.41, 5.74) is 0.757. The van der Waals surface area contributed by atoms with E-state index in [9.17, 15) is 9.18 Å². The summed E-state index contributed by atoms with van der Waals surface area (Å²) in [6.45, 7) is 1.72. The monoisotopic (exact) mass is 375 g/mol. The van der Waals surface area contributed by atoms with Crippen LogP contribution in [0.5, 0.6) is 0 Å². The normalized spacial score (nSPS) is 12.1. The van der Waals surface area contributed by atoms with Crippen molar-refractivity contribution >= 4 is 17.7 Å². The Hall–Kier alpha value is -2.68. The number of hydrogen-bond donors (Lipinski definition) is 1. The first kappa shape index (κ1) is 18.1. The maximum Gasteiger partial charge on any atom is 0.230 e. The molecule has 2 aromatic heterocycles.